The highest BCUT2D eigenvalue weighted by Gasteiger charge is 2.20. The molecule has 12 heteroatoms. The summed E-state index contributed by atoms with van der Waals surface area (Å²) in [6.07, 6.45) is 1.58. The van der Waals surface area contributed by atoms with Gasteiger partial charge in [-0.25, -0.2) is 28.3 Å². The third-order valence-corrected chi connectivity index (χ3v) is 5.37. The minimum atomic E-state index is -1.14. The molecule has 9 nitrogen and oxygen atoms in total. The minimum Gasteiger partial charge on any atom is -0.394 e. The number of benzene rings is 2. The maximum absolute atomic E-state index is 14.7. The number of nitrogens with one attached hydrogen (secondary N) is 1. The monoisotopic (exact) mass is 494 g/mol. The van der Waals surface area contributed by atoms with Crippen LogP contribution in [0.4, 0.5) is 13.2 Å². The summed E-state index contributed by atoms with van der Waals surface area (Å²) in [5, 5.41) is 17.5. The first-order chi connectivity index (χ1) is 17.4. The van der Waals surface area contributed by atoms with Crippen LogP contribution in [0.5, 0.6) is 0 Å². The second kappa shape index (κ2) is 9.68. The van der Waals surface area contributed by atoms with Crippen LogP contribution in [0.1, 0.15) is 15.9 Å². The molecule has 0 spiro atoms. The number of hydrogen-bond acceptors (Lipinski definition) is 7. The quantitative estimate of drug-likeness (QED) is 0.264. The standard InChI is InChI=1S/C24H17F3N6O3/c25-16-11-21-13(2-1-5-28-21)8-15(16)12-33-23-20(30-32-33)4-3-19(29-23)14-9-17(26)22(18(27)10-14)24(35)31-36-7-6-34/h1-5,8-11,34H,6-7,12H2,(H,31,35). The van der Waals surface area contributed by atoms with E-state index in [9.17, 15) is 18.0 Å². The largest absolute Gasteiger partial charge is 0.394 e. The van der Waals surface area contributed by atoms with Crippen molar-refractivity contribution in [2.24, 2.45) is 0 Å². The first-order valence-corrected chi connectivity index (χ1v) is 10.7. The summed E-state index contributed by atoms with van der Waals surface area (Å²) in [6, 6.07) is 11.5. The summed E-state index contributed by atoms with van der Waals surface area (Å²) in [7, 11) is 0. The number of pyridine rings is 2. The molecule has 0 bridgehead atoms. The number of halogens is 3. The lowest BCUT2D eigenvalue weighted by atomic mass is 10.1. The number of hydroxylamine groups is 1. The van der Waals surface area contributed by atoms with E-state index in [1.807, 2.05) is 11.5 Å². The molecule has 0 atom stereocenters. The van der Waals surface area contributed by atoms with Gasteiger partial charge in [-0.1, -0.05) is 11.3 Å². The molecular formula is C24H17F3N6O3. The van der Waals surface area contributed by atoms with Gasteiger partial charge in [0.1, 0.15) is 28.5 Å². The number of carbonyl (C=O) groups excluding carboxylic acids is 1. The minimum absolute atomic E-state index is 0.0132. The molecule has 182 valence electrons. The number of aromatic nitrogens is 5. The highest BCUT2D eigenvalue weighted by molar-refractivity contribution is 5.94. The number of aliphatic hydroxyl groups excluding tert-OH is 1. The Morgan fingerprint density at radius 1 is 1.03 bits per heavy atom. The Hall–Kier alpha value is -4.42. The predicted molar refractivity (Wildman–Crippen MR) is 122 cm³/mol. The number of carbonyl (C=O) groups is 1. The molecule has 5 aromatic rings. The molecule has 5 rings (SSSR count). The lowest BCUT2D eigenvalue weighted by molar-refractivity contribution is 0.0162. The molecule has 0 fully saturated rings. The average Bonchev–Trinajstić information content (AvgIpc) is 3.26. The number of amides is 1. The molecule has 3 aromatic heterocycles. The van der Waals surface area contributed by atoms with E-state index >= 15 is 0 Å². The van der Waals surface area contributed by atoms with E-state index in [-0.39, 0.29) is 36.7 Å². The van der Waals surface area contributed by atoms with E-state index in [2.05, 4.69) is 25.1 Å². The smallest absolute Gasteiger partial charge is 0.280 e. The fourth-order valence-corrected chi connectivity index (χ4v) is 3.70. The van der Waals surface area contributed by atoms with Gasteiger partial charge in [-0.05, 0) is 36.4 Å². The van der Waals surface area contributed by atoms with Gasteiger partial charge in [0.2, 0.25) is 0 Å². The van der Waals surface area contributed by atoms with Gasteiger partial charge in [0.05, 0.1) is 31.0 Å². The SMILES string of the molecule is O=C(NOCCO)c1c(F)cc(-c2ccc3nnn(Cc4cc5cccnc5cc4F)c3n2)cc1F. The van der Waals surface area contributed by atoms with E-state index in [1.54, 1.807) is 24.4 Å². The average molecular weight is 494 g/mol. The van der Waals surface area contributed by atoms with Gasteiger partial charge >= 0.3 is 0 Å². The predicted octanol–water partition coefficient (Wildman–Crippen LogP) is 3.16. The third kappa shape index (κ3) is 4.46. The van der Waals surface area contributed by atoms with Crippen molar-refractivity contribution in [2.75, 3.05) is 13.2 Å². The summed E-state index contributed by atoms with van der Waals surface area (Å²) < 4.78 is 45.3. The lowest BCUT2D eigenvalue weighted by Crippen LogP contribution is -2.27. The third-order valence-electron chi connectivity index (χ3n) is 5.37. The van der Waals surface area contributed by atoms with E-state index in [0.717, 1.165) is 17.5 Å². The van der Waals surface area contributed by atoms with E-state index in [0.29, 0.717) is 16.6 Å². The number of nitrogens with zero attached hydrogens (tertiary/aromatic N) is 5. The summed E-state index contributed by atoms with van der Waals surface area (Å²) in [6.45, 7) is -0.605. The topological polar surface area (TPSA) is 115 Å². The van der Waals surface area contributed by atoms with Crippen LogP contribution >= 0.6 is 0 Å². The van der Waals surface area contributed by atoms with Crippen LogP contribution in [-0.4, -0.2) is 49.2 Å². The highest BCUT2D eigenvalue weighted by atomic mass is 19.1. The number of rotatable bonds is 7. The molecular weight excluding hydrogens is 477 g/mol. The van der Waals surface area contributed by atoms with Crippen molar-refractivity contribution in [1.82, 2.24) is 30.4 Å². The normalized spacial score (nSPS) is 11.3. The van der Waals surface area contributed by atoms with Crippen molar-refractivity contribution in [1.29, 1.82) is 0 Å². The first-order valence-electron chi connectivity index (χ1n) is 10.7. The molecule has 2 aromatic carbocycles. The second-order valence-corrected chi connectivity index (χ2v) is 7.74. The van der Waals surface area contributed by atoms with Crippen molar-refractivity contribution < 1.29 is 27.9 Å². The van der Waals surface area contributed by atoms with Crippen LogP contribution in [-0.2, 0) is 11.4 Å². The number of fused-ring (bicyclic) bond motifs is 2. The molecule has 0 aliphatic carbocycles. The van der Waals surface area contributed by atoms with E-state index in [4.69, 9.17) is 5.11 Å². The Labute approximate surface area is 201 Å². The van der Waals surface area contributed by atoms with Crippen LogP contribution in [0.2, 0.25) is 0 Å². The molecule has 36 heavy (non-hydrogen) atoms. The molecule has 2 N–H and O–H groups in total. The molecule has 0 radical (unpaired) electrons. The summed E-state index contributed by atoms with van der Waals surface area (Å²) in [5.74, 6) is -3.86. The molecule has 0 unspecified atom stereocenters. The summed E-state index contributed by atoms with van der Waals surface area (Å²) >= 11 is 0. The number of hydrogen-bond donors (Lipinski definition) is 2. The maximum Gasteiger partial charge on any atom is 0.280 e. The van der Waals surface area contributed by atoms with Gasteiger partial charge in [-0.2, -0.15) is 0 Å². The van der Waals surface area contributed by atoms with Crippen LogP contribution in [0.3, 0.4) is 0 Å². The Morgan fingerprint density at radius 2 is 1.83 bits per heavy atom. The highest BCUT2D eigenvalue weighted by Crippen LogP contribution is 2.26. The molecule has 0 saturated carbocycles. The van der Waals surface area contributed by atoms with E-state index in [1.165, 1.54) is 16.8 Å². The maximum atomic E-state index is 14.7. The molecule has 0 saturated heterocycles. The van der Waals surface area contributed by atoms with Crippen LogP contribution in [0.15, 0.2) is 54.7 Å². The molecule has 0 aliphatic rings. The Kier molecular flexibility index (Phi) is 6.27. The number of aliphatic hydroxyl groups is 1. The van der Waals surface area contributed by atoms with Crippen molar-refractivity contribution in [2.45, 2.75) is 6.54 Å². The van der Waals surface area contributed by atoms with Gasteiger partial charge < -0.3 is 5.11 Å². The van der Waals surface area contributed by atoms with Crippen LogP contribution in [0.25, 0.3) is 33.3 Å². The Bertz CT molecular complexity index is 1580. The van der Waals surface area contributed by atoms with Crippen molar-refractivity contribution in [3.8, 4) is 11.3 Å². The molecule has 3 heterocycles. The fourth-order valence-electron chi connectivity index (χ4n) is 3.70. The fraction of sp³-hybridized carbons (Fsp3) is 0.125. The lowest BCUT2D eigenvalue weighted by Gasteiger charge is -2.09. The van der Waals surface area contributed by atoms with Gasteiger partial charge in [-0.15, -0.1) is 5.10 Å². The van der Waals surface area contributed by atoms with Crippen LogP contribution in [0, 0.1) is 17.5 Å². The van der Waals surface area contributed by atoms with Gasteiger partial charge in [0, 0.05) is 28.8 Å². The summed E-state index contributed by atoms with van der Waals surface area (Å²) in [5.41, 5.74) is 2.81. The zero-order valence-corrected chi connectivity index (χ0v) is 18.5. The zero-order valence-electron chi connectivity index (χ0n) is 18.5. The van der Waals surface area contributed by atoms with Crippen molar-refractivity contribution in [3.63, 3.8) is 0 Å². The van der Waals surface area contributed by atoms with E-state index < -0.39 is 28.9 Å². The van der Waals surface area contributed by atoms with Gasteiger partial charge in [0.15, 0.2) is 5.65 Å². The second-order valence-electron chi connectivity index (χ2n) is 7.74. The Balaban J connectivity index is 1.47. The van der Waals surface area contributed by atoms with Gasteiger partial charge in [-0.3, -0.25) is 14.6 Å². The zero-order chi connectivity index (χ0) is 25.2. The molecule has 0 aliphatic heterocycles. The van der Waals surface area contributed by atoms with Crippen LogP contribution < -0.4 is 5.48 Å². The molecule has 1 amide bonds. The Morgan fingerprint density at radius 3 is 2.61 bits per heavy atom. The van der Waals surface area contributed by atoms with Crippen molar-refractivity contribution >= 4 is 28.0 Å². The van der Waals surface area contributed by atoms with Gasteiger partial charge in [0.25, 0.3) is 5.91 Å². The van der Waals surface area contributed by atoms with Crippen molar-refractivity contribution in [3.05, 3.63) is 83.3 Å². The first kappa shape index (κ1) is 23.3. The summed E-state index contributed by atoms with van der Waals surface area (Å²) in [4.78, 5) is 25.2.